The Bertz CT molecular complexity index is 1730. The first-order valence-electron chi connectivity index (χ1n) is 13.9. The maximum Gasteiger partial charge on any atom is 0.274 e. The number of methoxy groups -OCH3 is 3. The molecular formula is C31H33Cl2N3O7S. The Kier molecular flexibility index (Phi) is 8.78. The van der Waals surface area contributed by atoms with E-state index in [1.165, 1.54) is 56.6 Å². The van der Waals surface area contributed by atoms with Crippen molar-refractivity contribution in [3.63, 3.8) is 0 Å². The predicted molar refractivity (Wildman–Crippen MR) is 167 cm³/mol. The summed E-state index contributed by atoms with van der Waals surface area (Å²) in [7, 11) is 2.89. The number of piperidine rings is 1. The van der Waals surface area contributed by atoms with Gasteiger partial charge in [-0.1, -0.05) is 47.8 Å². The lowest BCUT2D eigenvalue weighted by atomic mass is 9.78. The molecule has 1 unspecified atom stereocenters. The van der Waals surface area contributed by atoms with Crippen LogP contribution in [0, 0.1) is 0 Å². The molecule has 1 saturated heterocycles. The summed E-state index contributed by atoms with van der Waals surface area (Å²) < 4.78 is 46.5. The standard InChI is InChI=1S/C31H33Cl2N3O7S/c1-34(2)29(37)24-11-8-9-15-35(24)31(20-10-6-7-12-26(20)42-4)21-17-22(32)23(33)18-25(21)36(30(31)38)44(39,40)28-14-13-19(41-3)16-27(28)43-5/h6-7,10,12-14,16-18,24H,8-9,11,15H2,1-5H3/t24-,31?/m0/s1. The Balaban J connectivity index is 1.89. The van der Waals surface area contributed by atoms with E-state index in [2.05, 4.69) is 0 Å². The molecule has 5 rings (SSSR count). The van der Waals surface area contributed by atoms with E-state index in [1.807, 2.05) is 0 Å². The number of amides is 2. The van der Waals surface area contributed by atoms with Gasteiger partial charge in [0, 0.05) is 37.8 Å². The van der Waals surface area contributed by atoms with Crippen LogP contribution >= 0.6 is 23.2 Å². The third-order valence-corrected chi connectivity index (χ3v) is 10.6. The average molecular weight is 663 g/mol. The van der Waals surface area contributed by atoms with Crippen LogP contribution in [-0.2, 0) is 25.2 Å². The zero-order chi connectivity index (χ0) is 32.0. The molecule has 10 nitrogen and oxygen atoms in total. The van der Waals surface area contributed by atoms with Gasteiger partial charge in [-0.25, -0.2) is 12.7 Å². The van der Waals surface area contributed by atoms with Crippen molar-refractivity contribution in [3.05, 3.63) is 75.8 Å². The van der Waals surface area contributed by atoms with Crippen molar-refractivity contribution in [1.29, 1.82) is 0 Å². The second-order valence-electron chi connectivity index (χ2n) is 10.7. The average Bonchev–Trinajstić information content (AvgIpc) is 3.27. The fourth-order valence-corrected chi connectivity index (χ4v) is 8.13. The largest absolute Gasteiger partial charge is 0.497 e. The van der Waals surface area contributed by atoms with E-state index in [9.17, 15) is 13.2 Å². The molecule has 2 aliphatic rings. The van der Waals surface area contributed by atoms with Crippen LogP contribution in [0.1, 0.15) is 30.4 Å². The molecule has 0 radical (unpaired) electrons. The minimum atomic E-state index is -4.65. The lowest BCUT2D eigenvalue weighted by molar-refractivity contribution is -0.142. The van der Waals surface area contributed by atoms with E-state index in [4.69, 9.17) is 37.4 Å². The van der Waals surface area contributed by atoms with Crippen LogP contribution in [0.3, 0.4) is 0 Å². The molecule has 1 fully saturated rings. The van der Waals surface area contributed by atoms with E-state index in [0.717, 1.165) is 10.7 Å². The second-order valence-corrected chi connectivity index (χ2v) is 13.3. The SMILES string of the molecule is COc1ccc(S(=O)(=O)N2C(=O)C(c3ccccc3OC)(N3CCCC[C@H]3C(=O)N(C)C)c3cc(Cl)c(Cl)cc32)c(OC)c1. The Morgan fingerprint density at radius 1 is 0.909 bits per heavy atom. The fraction of sp³-hybridized carbons (Fsp3) is 0.355. The Morgan fingerprint density at radius 2 is 1.59 bits per heavy atom. The minimum absolute atomic E-state index is 0.00908. The minimum Gasteiger partial charge on any atom is -0.497 e. The van der Waals surface area contributed by atoms with Gasteiger partial charge in [-0.05, 0) is 43.2 Å². The third-order valence-electron chi connectivity index (χ3n) is 8.19. The Morgan fingerprint density at radius 3 is 2.25 bits per heavy atom. The fourth-order valence-electron chi connectivity index (χ4n) is 6.21. The topological polar surface area (TPSA) is 106 Å². The number of likely N-dealkylation sites (tertiary alicyclic amines) is 1. The first-order valence-corrected chi connectivity index (χ1v) is 16.1. The Labute approximate surface area is 267 Å². The molecule has 13 heteroatoms. The van der Waals surface area contributed by atoms with Crippen LogP contribution in [-0.4, -0.2) is 78.0 Å². The van der Waals surface area contributed by atoms with Crippen molar-refractivity contribution in [1.82, 2.24) is 9.80 Å². The number of fused-ring (bicyclic) bond motifs is 1. The predicted octanol–water partition coefficient (Wildman–Crippen LogP) is 4.94. The van der Waals surface area contributed by atoms with Crippen molar-refractivity contribution in [2.24, 2.45) is 0 Å². The molecule has 0 aromatic heterocycles. The molecule has 3 aromatic rings. The number of para-hydroxylation sites is 1. The number of carbonyl (C=O) groups is 2. The molecule has 234 valence electrons. The molecule has 0 spiro atoms. The maximum atomic E-state index is 15.3. The van der Waals surface area contributed by atoms with Crippen LogP contribution < -0.4 is 18.5 Å². The normalized spacial score (nSPS) is 20.3. The molecule has 0 bridgehead atoms. The van der Waals surface area contributed by atoms with Gasteiger partial charge in [-0.2, -0.15) is 0 Å². The summed E-state index contributed by atoms with van der Waals surface area (Å²) in [4.78, 5) is 32.0. The van der Waals surface area contributed by atoms with Gasteiger partial charge in [0.15, 0.2) is 5.54 Å². The first kappa shape index (κ1) is 31.9. The summed E-state index contributed by atoms with van der Waals surface area (Å²) in [6.07, 6.45) is 1.87. The first-order chi connectivity index (χ1) is 20.9. The zero-order valence-electron chi connectivity index (χ0n) is 25.0. The van der Waals surface area contributed by atoms with Crippen molar-refractivity contribution < 1.29 is 32.2 Å². The van der Waals surface area contributed by atoms with Gasteiger partial charge < -0.3 is 19.1 Å². The van der Waals surface area contributed by atoms with E-state index < -0.39 is 27.5 Å². The molecule has 2 aliphatic heterocycles. The number of anilines is 1. The lowest BCUT2D eigenvalue weighted by Crippen LogP contribution is -2.62. The quantitative estimate of drug-likeness (QED) is 0.334. The van der Waals surface area contributed by atoms with E-state index in [0.29, 0.717) is 36.4 Å². The number of sulfonamides is 1. The molecule has 2 heterocycles. The molecule has 0 N–H and O–H groups in total. The highest BCUT2D eigenvalue weighted by Gasteiger charge is 2.62. The number of halogens is 2. The lowest BCUT2D eigenvalue weighted by Gasteiger charge is -2.47. The van der Waals surface area contributed by atoms with Gasteiger partial charge in [-0.3, -0.25) is 14.5 Å². The number of nitrogens with zero attached hydrogens (tertiary/aromatic N) is 3. The summed E-state index contributed by atoms with van der Waals surface area (Å²) in [5.74, 6) is -0.364. The van der Waals surface area contributed by atoms with Gasteiger partial charge in [0.25, 0.3) is 15.9 Å². The number of rotatable bonds is 8. The number of likely N-dealkylation sites (N-methyl/N-ethyl adjacent to an activating group) is 1. The van der Waals surface area contributed by atoms with E-state index in [-0.39, 0.29) is 37.8 Å². The van der Waals surface area contributed by atoms with Gasteiger partial charge in [-0.15, -0.1) is 0 Å². The van der Waals surface area contributed by atoms with Gasteiger partial charge in [0.1, 0.15) is 22.1 Å². The number of hydrogen-bond acceptors (Lipinski definition) is 8. The van der Waals surface area contributed by atoms with Crippen molar-refractivity contribution in [2.45, 2.75) is 35.7 Å². The molecule has 2 atom stereocenters. The van der Waals surface area contributed by atoms with Crippen molar-refractivity contribution >= 4 is 50.7 Å². The number of hydrogen-bond donors (Lipinski definition) is 0. The van der Waals surface area contributed by atoms with Crippen LogP contribution in [0.4, 0.5) is 5.69 Å². The van der Waals surface area contributed by atoms with Crippen LogP contribution in [0.25, 0.3) is 0 Å². The van der Waals surface area contributed by atoms with Gasteiger partial charge >= 0.3 is 0 Å². The van der Waals surface area contributed by atoms with Gasteiger partial charge in [0.2, 0.25) is 5.91 Å². The summed E-state index contributed by atoms with van der Waals surface area (Å²) in [6, 6.07) is 13.2. The number of carbonyl (C=O) groups excluding carboxylic acids is 2. The Hall–Kier alpha value is -3.51. The van der Waals surface area contributed by atoms with E-state index in [1.54, 1.807) is 43.3 Å². The van der Waals surface area contributed by atoms with Crippen LogP contribution in [0.2, 0.25) is 10.0 Å². The number of benzene rings is 3. The zero-order valence-corrected chi connectivity index (χ0v) is 27.3. The maximum absolute atomic E-state index is 15.3. The molecule has 3 aromatic carbocycles. The third kappa shape index (κ3) is 4.86. The van der Waals surface area contributed by atoms with Crippen molar-refractivity contribution in [2.75, 3.05) is 46.3 Å². The monoisotopic (exact) mass is 661 g/mol. The molecule has 44 heavy (non-hydrogen) atoms. The summed E-state index contributed by atoms with van der Waals surface area (Å²) in [5, 5.41) is 0.168. The highest BCUT2D eigenvalue weighted by molar-refractivity contribution is 7.93. The second kappa shape index (κ2) is 12.1. The van der Waals surface area contributed by atoms with Gasteiger partial charge in [0.05, 0.1) is 43.1 Å². The van der Waals surface area contributed by atoms with Crippen LogP contribution in [0.5, 0.6) is 17.2 Å². The number of ether oxygens (including phenoxy) is 3. The highest BCUT2D eigenvalue weighted by atomic mass is 35.5. The summed E-state index contributed by atoms with van der Waals surface area (Å²) in [6.45, 7) is 0.313. The smallest absolute Gasteiger partial charge is 0.274 e. The summed E-state index contributed by atoms with van der Waals surface area (Å²) >= 11 is 13.1. The highest BCUT2D eigenvalue weighted by Crippen LogP contribution is 2.55. The summed E-state index contributed by atoms with van der Waals surface area (Å²) in [5.41, 5.74) is -1.20. The molecule has 0 saturated carbocycles. The molecule has 2 amide bonds. The van der Waals surface area contributed by atoms with Crippen molar-refractivity contribution in [3.8, 4) is 17.2 Å². The molecule has 0 aliphatic carbocycles. The molecular weight excluding hydrogens is 629 g/mol. The van der Waals surface area contributed by atoms with E-state index >= 15 is 4.79 Å². The van der Waals surface area contributed by atoms with Crippen LogP contribution in [0.15, 0.2) is 59.5 Å².